The van der Waals surface area contributed by atoms with Gasteiger partial charge in [0.15, 0.2) is 0 Å². The highest BCUT2D eigenvalue weighted by Crippen LogP contribution is 2.30. The van der Waals surface area contributed by atoms with Crippen molar-refractivity contribution in [2.24, 2.45) is 0 Å². The van der Waals surface area contributed by atoms with Crippen molar-refractivity contribution in [2.75, 3.05) is 12.4 Å². The van der Waals surface area contributed by atoms with Crippen LogP contribution in [0.5, 0.6) is 0 Å². The number of hydrogen-bond donors (Lipinski definition) is 2. The van der Waals surface area contributed by atoms with Crippen LogP contribution >= 0.6 is 0 Å². The number of esters is 1. The largest absolute Gasteiger partial charge is 0.478 e. The van der Waals surface area contributed by atoms with Crippen LogP contribution in [-0.4, -0.2) is 73.8 Å². The smallest absolute Gasteiger partial charge is 0.339 e. The first kappa shape index (κ1) is 22.4. The fraction of sp³-hybridized carbons (Fsp3) is 0.429. The zero-order chi connectivity index (χ0) is 20.1. The van der Waals surface area contributed by atoms with Crippen molar-refractivity contribution < 1.29 is 32.4 Å². The normalized spacial score (nSPS) is 11.3. The summed E-state index contributed by atoms with van der Waals surface area (Å²) < 4.78 is 35.3. The second-order valence-corrected chi connectivity index (χ2v) is 7.38. The molecule has 0 unspecified atom stereocenters. The molecular formula is C14H22B4O7S. The van der Waals surface area contributed by atoms with Gasteiger partial charge in [0.1, 0.15) is 43.7 Å². The molecule has 0 heterocycles. The van der Waals surface area contributed by atoms with Crippen molar-refractivity contribution in [3.8, 4) is 0 Å². The highest BCUT2D eigenvalue weighted by atomic mass is 32.2. The van der Waals surface area contributed by atoms with Crippen molar-refractivity contribution in [2.45, 2.75) is 25.3 Å². The summed E-state index contributed by atoms with van der Waals surface area (Å²) in [6, 6.07) is 0. The molecule has 0 aliphatic heterocycles. The minimum Gasteiger partial charge on any atom is -0.478 e. The Labute approximate surface area is 157 Å². The number of carbonyl (C=O) groups excluding carboxylic acids is 1. The lowest BCUT2D eigenvalue weighted by atomic mass is 9.72. The molecule has 0 aliphatic carbocycles. The maximum absolute atomic E-state index is 12.6. The van der Waals surface area contributed by atoms with Gasteiger partial charge < -0.3 is 9.84 Å². The van der Waals surface area contributed by atoms with Crippen LogP contribution < -0.4 is 0 Å². The van der Waals surface area contributed by atoms with Gasteiger partial charge in [-0.05, 0) is 22.3 Å². The monoisotopic (exact) mass is 378 g/mol. The molecule has 0 spiro atoms. The van der Waals surface area contributed by atoms with E-state index in [-0.39, 0.29) is 11.1 Å². The maximum atomic E-state index is 12.6. The van der Waals surface area contributed by atoms with Crippen LogP contribution in [0.2, 0.25) is 0 Å². The first-order chi connectivity index (χ1) is 12.1. The summed E-state index contributed by atoms with van der Waals surface area (Å²) in [4.78, 5) is 24.5. The Morgan fingerprint density at radius 3 is 1.62 bits per heavy atom. The molecule has 0 saturated carbocycles. The molecule has 0 radical (unpaired) electrons. The molecule has 0 fully saturated rings. The SMILES string of the molecule is BCc1c(CB)c(CB)c(C(=O)OCCS(=O)(=O)O)c(C(=O)O)c1CB. The predicted octanol–water partition coefficient (Wildman–Crippen LogP) is -3.04. The van der Waals surface area contributed by atoms with E-state index in [0.29, 0.717) is 36.4 Å². The molecule has 12 heteroatoms. The number of carboxylic acids is 1. The summed E-state index contributed by atoms with van der Waals surface area (Å²) in [6.07, 6.45) is 2.19. The summed E-state index contributed by atoms with van der Waals surface area (Å²) in [7, 11) is 3.28. The number of aromatic carboxylic acids is 1. The van der Waals surface area contributed by atoms with Crippen molar-refractivity contribution in [1.82, 2.24) is 0 Å². The predicted molar refractivity (Wildman–Crippen MR) is 109 cm³/mol. The minimum atomic E-state index is -4.27. The van der Waals surface area contributed by atoms with Crippen molar-refractivity contribution in [3.63, 3.8) is 0 Å². The van der Waals surface area contributed by atoms with Gasteiger partial charge in [0.25, 0.3) is 10.1 Å². The second kappa shape index (κ2) is 9.32. The number of carboxylic acid groups (broad SMARTS) is 1. The Morgan fingerprint density at radius 1 is 0.846 bits per heavy atom. The van der Waals surface area contributed by atoms with Gasteiger partial charge >= 0.3 is 11.9 Å². The molecule has 0 saturated heterocycles. The zero-order valence-corrected chi connectivity index (χ0v) is 16.4. The third kappa shape index (κ3) is 4.94. The Morgan fingerprint density at radius 2 is 1.27 bits per heavy atom. The molecule has 138 valence electrons. The highest BCUT2D eigenvalue weighted by molar-refractivity contribution is 7.85. The third-order valence-electron chi connectivity index (χ3n) is 4.35. The lowest BCUT2D eigenvalue weighted by Crippen LogP contribution is -2.23. The van der Waals surface area contributed by atoms with E-state index in [4.69, 9.17) is 9.29 Å². The molecule has 1 aromatic carbocycles. The second-order valence-electron chi connectivity index (χ2n) is 5.81. The van der Waals surface area contributed by atoms with Crippen LogP contribution in [-0.2, 0) is 40.1 Å². The van der Waals surface area contributed by atoms with Crippen LogP contribution in [0.3, 0.4) is 0 Å². The number of ether oxygens (including phenoxy) is 1. The van der Waals surface area contributed by atoms with E-state index in [2.05, 4.69) is 0 Å². The van der Waals surface area contributed by atoms with Crippen LogP contribution in [0.15, 0.2) is 0 Å². The van der Waals surface area contributed by atoms with E-state index in [0.717, 1.165) is 11.1 Å². The first-order valence-corrected chi connectivity index (χ1v) is 10.3. The van der Waals surface area contributed by atoms with Crippen molar-refractivity contribution >= 4 is 53.4 Å². The van der Waals surface area contributed by atoms with E-state index in [1.807, 2.05) is 31.4 Å². The molecule has 2 N–H and O–H groups in total. The number of hydrogen-bond acceptors (Lipinski definition) is 5. The Kier molecular flexibility index (Phi) is 8.02. The van der Waals surface area contributed by atoms with Gasteiger partial charge in [0, 0.05) is 0 Å². The zero-order valence-electron chi connectivity index (χ0n) is 15.6. The Hall–Kier alpha value is -1.67. The van der Waals surface area contributed by atoms with Gasteiger partial charge in [0.2, 0.25) is 0 Å². The fourth-order valence-electron chi connectivity index (χ4n) is 3.37. The molecule has 1 aromatic rings. The summed E-state index contributed by atoms with van der Waals surface area (Å²) in [5, 5.41) is 9.74. The van der Waals surface area contributed by atoms with Crippen LogP contribution in [0.1, 0.15) is 43.0 Å². The average molecular weight is 378 g/mol. The number of benzene rings is 1. The Bertz CT molecular complexity index is 808. The molecule has 0 aliphatic rings. The van der Waals surface area contributed by atoms with Gasteiger partial charge in [-0.1, -0.05) is 25.3 Å². The summed E-state index contributed by atoms with van der Waals surface area (Å²) >= 11 is 0. The average Bonchev–Trinajstić information content (AvgIpc) is 2.57. The molecule has 0 atom stereocenters. The van der Waals surface area contributed by atoms with E-state index >= 15 is 0 Å². The lowest BCUT2D eigenvalue weighted by molar-refractivity contribution is 0.0514. The number of carbonyl (C=O) groups is 2. The van der Waals surface area contributed by atoms with Crippen LogP contribution in [0.25, 0.3) is 0 Å². The summed E-state index contributed by atoms with van der Waals surface area (Å²) in [5.41, 5.74) is 3.03. The number of rotatable bonds is 9. The van der Waals surface area contributed by atoms with Crippen LogP contribution in [0, 0.1) is 0 Å². The van der Waals surface area contributed by atoms with E-state index in [9.17, 15) is 23.1 Å². The molecule has 0 amide bonds. The van der Waals surface area contributed by atoms with Gasteiger partial charge in [-0.15, -0.1) is 0 Å². The molecule has 0 aromatic heterocycles. The molecule has 0 bridgehead atoms. The molecule has 26 heavy (non-hydrogen) atoms. The highest BCUT2D eigenvalue weighted by Gasteiger charge is 2.29. The van der Waals surface area contributed by atoms with Gasteiger partial charge in [-0.25, -0.2) is 9.59 Å². The molecule has 7 nitrogen and oxygen atoms in total. The minimum absolute atomic E-state index is 0.0127. The van der Waals surface area contributed by atoms with E-state index < -0.39 is 34.4 Å². The molecule has 1 rings (SSSR count). The fourth-order valence-corrected chi connectivity index (χ4v) is 3.67. The van der Waals surface area contributed by atoms with Gasteiger partial charge in [0.05, 0.1) is 11.1 Å². The van der Waals surface area contributed by atoms with E-state index in [1.165, 1.54) is 0 Å². The summed E-state index contributed by atoms with van der Waals surface area (Å²) in [6.45, 7) is -0.543. The quantitative estimate of drug-likeness (QED) is 0.267. The topological polar surface area (TPSA) is 118 Å². The maximum Gasteiger partial charge on any atom is 0.339 e. The van der Waals surface area contributed by atoms with Crippen molar-refractivity contribution in [3.05, 3.63) is 33.4 Å². The lowest BCUT2D eigenvalue weighted by Gasteiger charge is -2.23. The summed E-state index contributed by atoms with van der Waals surface area (Å²) in [5.74, 6) is -2.83. The van der Waals surface area contributed by atoms with Gasteiger partial charge in [-0.3, -0.25) is 4.55 Å². The third-order valence-corrected chi connectivity index (χ3v) is 5.04. The molecular weight excluding hydrogens is 355 g/mol. The Balaban J connectivity index is 3.62. The van der Waals surface area contributed by atoms with Crippen LogP contribution in [0.4, 0.5) is 0 Å². The van der Waals surface area contributed by atoms with Crippen molar-refractivity contribution in [1.29, 1.82) is 0 Å². The van der Waals surface area contributed by atoms with E-state index in [1.54, 1.807) is 0 Å². The van der Waals surface area contributed by atoms with Gasteiger partial charge in [-0.2, -0.15) is 8.42 Å². The first-order valence-electron chi connectivity index (χ1n) is 8.67. The standard InChI is InChI=1S/C14H22B4O7S/c15-3-7-8(4-16)10(6-18)12(11(13(19)20)9(7)5-17)14(21)25-1-2-26(22,23)24/h1-6,15-18H2,(H,19,20)(H,22,23,24).